The zero-order valence-corrected chi connectivity index (χ0v) is 12.6. The van der Waals surface area contributed by atoms with E-state index in [1.807, 2.05) is 38.2 Å². The number of benzene rings is 1. The Balaban J connectivity index is 2.62. The lowest BCUT2D eigenvalue weighted by atomic mass is 9.84. The monoisotopic (exact) mass is 262 g/mol. The molecule has 1 rings (SSSR count). The van der Waals surface area contributed by atoms with E-state index in [9.17, 15) is 4.79 Å². The van der Waals surface area contributed by atoms with Crippen molar-refractivity contribution in [3.8, 4) is 0 Å². The summed E-state index contributed by atoms with van der Waals surface area (Å²) in [7, 11) is 1.85. The van der Waals surface area contributed by atoms with Gasteiger partial charge in [0.1, 0.15) is 0 Å². The van der Waals surface area contributed by atoms with Gasteiger partial charge in [-0.1, -0.05) is 32.0 Å². The molecule has 1 amide bonds. The highest BCUT2D eigenvalue weighted by Gasteiger charge is 2.20. The third kappa shape index (κ3) is 4.67. The molecule has 0 radical (unpaired) electrons. The Kier molecular flexibility index (Phi) is 5.55. The van der Waals surface area contributed by atoms with E-state index in [-0.39, 0.29) is 11.3 Å². The molecule has 2 N–H and O–H groups in total. The van der Waals surface area contributed by atoms with Crippen LogP contribution in [-0.4, -0.2) is 19.5 Å². The van der Waals surface area contributed by atoms with Gasteiger partial charge in [0, 0.05) is 19.2 Å². The van der Waals surface area contributed by atoms with Crippen molar-refractivity contribution in [2.75, 3.05) is 18.5 Å². The van der Waals surface area contributed by atoms with Crippen molar-refractivity contribution in [3.63, 3.8) is 0 Å². The second kappa shape index (κ2) is 6.71. The van der Waals surface area contributed by atoms with Crippen LogP contribution in [0.3, 0.4) is 0 Å². The van der Waals surface area contributed by atoms with Crippen molar-refractivity contribution in [3.05, 3.63) is 29.8 Å². The Morgan fingerprint density at radius 1 is 1.26 bits per heavy atom. The molecule has 0 aliphatic rings. The molecule has 1 aromatic carbocycles. The minimum absolute atomic E-state index is 0.136. The van der Waals surface area contributed by atoms with E-state index >= 15 is 0 Å². The molecule has 0 atom stereocenters. The molecule has 106 valence electrons. The number of nitrogens with two attached hydrogens (primary N) is 1. The van der Waals surface area contributed by atoms with E-state index in [4.69, 9.17) is 5.73 Å². The van der Waals surface area contributed by atoms with E-state index in [2.05, 4.69) is 13.8 Å². The number of hydrogen-bond acceptors (Lipinski definition) is 2. The van der Waals surface area contributed by atoms with Gasteiger partial charge in [-0.25, -0.2) is 0 Å². The fourth-order valence-electron chi connectivity index (χ4n) is 2.20. The molecule has 3 nitrogen and oxygen atoms in total. The molecule has 0 aliphatic heterocycles. The lowest BCUT2D eigenvalue weighted by molar-refractivity contribution is -0.118. The maximum atomic E-state index is 12.2. The average molecular weight is 262 g/mol. The van der Waals surface area contributed by atoms with E-state index in [1.165, 1.54) is 0 Å². The number of anilines is 1. The van der Waals surface area contributed by atoms with Crippen molar-refractivity contribution >= 4 is 11.6 Å². The Bertz CT molecular complexity index is 427. The second-order valence-corrected chi connectivity index (χ2v) is 5.94. The average Bonchev–Trinajstić information content (AvgIpc) is 2.36. The van der Waals surface area contributed by atoms with Crippen molar-refractivity contribution < 1.29 is 4.79 Å². The van der Waals surface area contributed by atoms with E-state index in [0.717, 1.165) is 24.1 Å². The smallest absolute Gasteiger partial charge is 0.226 e. The van der Waals surface area contributed by atoms with Crippen molar-refractivity contribution in [2.45, 2.75) is 40.0 Å². The number of para-hydroxylation sites is 1. The van der Waals surface area contributed by atoms with Gasteiger partial charge in [-0.2, -0.15) is 0 Å². The maximum absolute atomic E-state index is 12.2. The summed E-state index contributed by atoms with van der Waals surface area (Å²) in [5.74, 6) is 0.166. The topological polar surface area (TPSA) is 46.3 Å². The fraction of sp³-hybridized carbons (Fsp3) is 0.562. The highest BCUT2D eigenvalue weighted by atomic mass is 16.2. The molecule has 0 aliphatic carbocycles. The number of rotatable bonds is 6. The van der Waals surface area contributed by atoms with Crippen LogP contribution in [0, 0.1) is 12.3 Å². The van der Waals surface area contributed by atoms with Gasteiger partial charge in [0.15, 0.2) is 0 Å². The lowest BCUT2D eigenvalue weighted by Crippen LogP contribution is -2.28. The van der Waals surface area contributed by atoms with Crippen LogP contribution in [0.15, 0.2) is 24.3 Å². The molecule has 0 saturated carbocycles. The molecule has 0 heterocycles. The SMILES string of the molecule is Cc1ccccc1N(C)C(=O)CCC(C)(C)CCN. The number of carbonyl (C=O) groups excluding carboxylic acids is 1. The van der Waals surface area contributed by atoms with Crippen molar-refractivity contribution in [2.24, 2.45) is 11.1 Å². The molecule has 0 bridgehead atoms. The normalized spacial score (nSPS) is 11.4. The first kappa shape index (κ1) is 15.7. The van der Waals surface area contributed by atoms with E-state index < -0.39 is 0 Å². The second-order valence-electron chi connectivity index (χ2n) is 5.94. The molecule has 3 heteroatoms. The summed E-state index contributed by atoms with van der Waals surface area (Å²) in [6.07, 6.45) is 2.39. The Labute approximate surface area is 116 Å². The molecular weight excluding hydrogens is 236 g/mol. The first-order valence-electron chi connectivity index (χ1n) is 6.89. The van der Waals surface area contributed by atoms with Crippen LogP contribution in [0.1, 0.15) is 38.7 Å². The van der Waals surface area contributed by atoms with Crippen LogP contribution >= 0.6 is 0 Å². The van der Waals surface area contributed by atoms with Crippen molar-refractivity contribution in [1.29, 1.82) is 0 Å². The van der Waals surface area contributed by atoms with Crippen LogP contribution in [0.5, 0.6) is 0 Å². The lowest BCUT2D eigenvalue weighted by Gasteiger charge is -2.25. The van der Waals surface area contributed by atoms with Crippen LogP contribution < -0.4 is 10.6 Å². The minimum atomic E-state index is 0.136. The first-order valence-corrected chi connectivity index (χ1v) is 6.89. The summed E-state index contributed by atoms with van der Waals surface area (Å²) in [5, 5.41) is 0. The third-order valence-electron chi connectivity index (χ3n) is 3.69. The third-order valence-corrected chi connectivity index (χ3v) is 3.69. The highest BCUT2D eigenvalue weighted by Crippen LogP contribution is 2.27. The zero-order valence-electron chi connectivity index (χ0n) is 12.6. The molecule has 0 spiro atoms. The summed E-state index contributed by atoms with van der Waals surface area (Å²) in [6.45, 7) is 7.04. The van der Waals surface area contributed by atoms with Gasteiger partial charge in [0.05, 0.1) is 0 Å². The summed E-state index contributed by atoms with van der Waals surface area (Å²) in [6, 6.07) is 7.96. The quantitative estimate of drug-likeness (QED) is 0.856. The van der Waals surface area contributed by atoms with E-state index in [0.29, 0.717) is 13.0 Å². The molecule has 0 unspecified atom stereocenters. The number of amides is 1. The predicted octanol–water partition coefficient (Wildman–Crippen LogP) is 3.11. The molecule has 0 fully saturated rings. The van der Waals surface area contributed by atoms with Crippen LogP contribution in [0.2, 0.25) is 0 Å². The number of aryl methyl sites for hydroxylation is 1. The van der Waals surface area contributed by atoms with Gasteiger partial charge in [-0.05, 0) is 43.4 Å². The zero-order chi connectivity index (χ0) is 14.5. The Morgan fingerprint density at radius 2 is 1.89 bits per heavy atom. The van der Waals surface area contributed by atoms with E-state index in [1.54, 1.807) is 4.90 Å². The van der Waals surface area contributed by atoms with Gasteiger partial charge in [-0.15, -0.1) is 0 Å². The molecule has 19 heavy (non-hydrogen) atoms. The summed E-state index contributed by atoms with van der Waals surface area (Å²) >= 11 is 0. The largest absolute Gasteiger partial charge is 0.330 e. The summed E-state index contributed by atoms with van der Waals surface area (Å²) < 4.78 is 0. The fourth-order valence-corrected chi connectivity index (χ4v) is 2.20. The van der Waals surface area contributed by atoms with Crippen LogP contribution in [0.4, 0.5) is 5.69 Å². The van der Waals surface area contributed by atoms with Crippen LogP contribution in [0.25, 0.3) is 0 Å². The van der Waals surface area contributed by atoms with Gasteiger partial charge >= 0.3 is 0 Å². The molecular formula is C16H26N2O. The Morgan fingerprint density at radius 3 is 2.47 bits per heavy atom. The first-order chi connectivity index (χ1) is 8.87. The summed E-state index contributed by atoms with van der Waals surface area (Å²) in [4.78, 5) is 14.0. The number of hydrogen-bond donors (Lipinski definition) is 1. The summed E-state index contributed by atoms with van der Waals surface area (Å²) in [5.41, 5.74) is 7.85. The van der Waals surface area contributed by atoms with Crippen molar-refractivity contribution in [1.82, 2.24) is 0 Å². The van der Waals surface area contributed by atoms with Gasteiger partial charge in [-0.3, -0.25) is 4.79 Å². The molecule has 0 aromatic heterocycles. The van der Waals surface area contributed by atoms with Gasteiger partial charge in [0.25, 0.3) is 0 Å². The predicted molar refractivity (Wildman–Crippen MR) is 81.3 cm³/mol. The molecule has 0 saturated heterocycles. The van der Waals surface area contributed by atoms with Crippen LogP contribution in [-0.2, 0) is 4.79 Å². The number of carbonyl (C=O) groups is 1. The molecule has 1 aromatic rings. The minimum Gasteiger partial charge on any atom is -0.330 e. The van der Waals surface area contributed by atoms with Gasteiger partial charge in [0.2, 0.25) is 5.91 Å². The van der Waals surface area contributed by atoms with Gasteiger partial charge < -0.3 is 10.6 Å². The maximum Gasteiger partial charge on any atom is 0.226 e. The standard InChI is InChI=1S/C16H26N2O/c1-13-7-5-6-8-14(13)18(4)15(19)9-10-16(2,3)11-12-17/h5-8H,9-12,17H2,1-4H3. The number of nitrogens with zero attached hydrogens (tertiary/aromatic N) is 1. The highest BCUT2D eigenvalue weighted by molar-refractivity contribution is 5.93. The Hall–Kier alpha value is -1.35.